The minimum atomic E-state index is -4.59. The van der Waals surface area contributed by atoms with Crippen molar-refractivity contribution in [3.05, 3.63) is 24.0 Å². The first kappa shape index (κ1) is 19.1. The van der Waals surface area contributed by atoms with Crippen molar-refractivity contribution in [3.63, 3.8) is 0 Å². The third-order valence-corrected chi connectivity index (χ3v) is 3.68. The van der Waals surface area contributed by atoms with Crippen LogP contribution in [0.25, 0.3) is 0 Å². The number of nitrogens with zero attached hydrogens (tertiary/aromatic N) is 1. The van der Waals surface area contributed by atoms with Crippen molar-refractivity contribution >= 4 is 22.4 Å². The molecule has 0 aliphatic rings. The molecule has 0 saturated heterocycles. The molecule has 116 valence electrons. The molecule has 20 heavy (non-hydrogen) atoms. The number of sulfonamides is 1. The van der Waals surface area contributed by atoms with E-state index in [1.54, 1.807) is 6.92 Å². The number of aromatic nitrogens is 1. The molecule has 0 radical (unpaired) electrons. The molecular formula is C10H15ClF3N3O2S. The van der Waals surface area contributed by atoms with Gasteiger partial charge in [-0.3, -0.25) is 4.98 Å². The molecule has 3 N–H and O–H groups in total. The highest BCUT2D eigenvalue weighted by Gasteiger charge is 2.32. The van der Waals surface area contributed by atoms with Crippen LogP contribution in [0.1, 0.15) is 19.0 Å². The molecule has 0 aliphatic heterocycles. The van der Waals surface area contributed by atoms with Gasteiger partial charge in [-0.25, -0.2) is 13.1 Å². The Bertz CT molecular complexity index is 518. The highest BCUT2D eigenvalue weighted by Crippen LogP contribution is 2.27. The molecule has 0 saturated carbocycles. The molecule has 5 nitrogen and oxygen atoms in total. The van der Waals surface area contributed by atoms with Crippen molar-refractivity contribution in [2.45, 2.75) is 30.5 Å². The fourth-order valence-corrected chi connectivity index (χ4v) is 2.20. The van der Waals surface area contributed by atoms with Crippen molar-refractivity contribution in [2.24, 2.45) is 5.73 Å². The van der Waals surface area contributed by atoms with Crippen molar-refractivity contribution in [2.75, 3.05) is 6.54 Å². The molecule has 1 aromatic heterocycles. The fraction of sp³-hybridized carbons (Fsp3) is 0.500. The molecule has 1 unspecified atom stereocenters. The number of rotatable bonds is 5. The lowest BCUT2D eigenvalue weighted by Crippen LogP contribution is -2.29. The topological polar surface area (TPSA) is 85.1 Å². The van der Waals surface area contributed by atoms with E-state index in [4.69, 9.17) is 5.73 Å². The lowest BCUT2D eigenvalue weighted by Gasteiger charge is -2.09. The summed E-state index contributed by atoms with van der Waals surface area (Å²) in [6, 6.07) is 1.32. The van der Waals surface area contributed by atoms with E-state index in [1.807, 2.05) is 0 Å². The normalized spacial score (nSPS) is 13.7. The minimum absolute atomic E-state index is 0. The van der Waals surface area contributed by atoms with Crippen LogP contribution in [0.4, 0.5) is 13.2 Å². The summed E-state index contributed by atoms with van der Waals surface area (Å²) in [5.41, 5.74) is 4.32. The second-order valence-electron chi connectivity index (χ2n) is 4.04. The van der Waals surface area contributed by atoms with Gasteiger partial charge in [-0.05, 0) is 25.5 Å². The summed E-state index contributed by atoms with van der Waals surface area (Å²) < 4.78 is 62.4. The van der Waals surface area contributed by atoms with Gasteiger partial charge in [0.25, 0.3) is 0 Å². The first-order valence-electron chi connectivity index (χ1n) is 5.41. The molecule has 1 heterocycles. The number of hydrogen-bond donors (Lipinski definition) is 2. The molecular weight excluding hydrogens is 319 g/mol. The number of halogens is 4. The van der Waals surface area contributed by atoms with E-state index in [0.717, 1.165) is 6.07 Å². The van der Waals surface area contributed by atoms with Gasteiger partial charge in [0.05, 0.1) is 0 Å². The second kappa shape index (κ2) is 7.21. The number of pyridine rings is 1. The molecule has 0 fully saturated rings. The number of alkyl halides is 3. The molecule has 0 aromatic carbocycles. The highest BCUT2D eigenvalue weighted by atomic mass is 35.5. The van der Waals surface area contributed by atoms with Gasteiger partial charge in [0.15, 0.2) is 0 Å². The number of hydrogen-bond acceptors (Lipinski definition) is 4. The summed E-state index contributed by atoms with van der Waals surface area (Å²) in [5.74, 6) is 0. The van der Waals surface area contributed by atoms with E-state index < -0.39 is 21.9 Å². The largest absolute Gasteiger partial charge is 0.433 e. The van der Waals surface area contributed by atoms with Crippen molar-refractivity contribution in [1.82, 2.24) is 9.71 Å². The summed E-state index contributed by atoms with van der Waals surface area (Å²) >= 11 is 0. The Morgan fingerprint density at radius 2 is 2.00 bits per heavy atom. The van der Waals surface area contributed by atoms with Crippen LogP contribution in [0.2, 0.25) is 0 Å². The highest BCUT2D eigenvalue weighted by molar-refractivity contribution is 7.89. The summed E-state index contributed by atoms with van der Waals surface area (Å²) in [4.78, 5) is 2.78. The van der Waals surface area contributed by atoms with Crippen LogP contribution in [-0.4, -0.2) is 26.0 Å². The molecule has 0 amide bonds. The molecule has 1 atom stereocenters. The second-order valence-corrected chi connectivity index (χ2v) is 5.81. The van der Waals surface area contributed by atoms with Gasteiger partial charge < -0.3 is 5.73 Å². The zero-order valence-electron chi connectivity index (χ0n) is 10.5. The Hall–Kier alpha value is -0.900. The summed E-state index contributed by atoms with van der Waals surface area (Å²) in [6.45, 7) is 1.83. The molecule has 1 rings (SSSR count). The molecule has 0 bridgehead atoms. The predicted molar refractivity (Wildman–Crippen MR) is 69.9 cm³/mol. The first-order chi connectivity index (χ1) is 8.63. The van der Waals surface area contributed by atoms with E-state index >= 15 is 0 Å². The standard InChI is InChI=1S/C10H14F3N3O2S.ClH/c1-7(14)4-5-16-19(17,18)8-2-3-9(15-6-8)10(11,12)13;/h2-3,6-7,16H,4-5,14H2,1H3;1H. The summed E-state index contributed by atoms with van der Waals surface area (Å²) in [5, 5.41) is 0. The third-order valence-electron chi connectivity index (χ3n) is 2.23. The monoisotopic (exact) mass is 333 g/mol. The average molecular weight is 334 g/mol. The average Bonchev–Trinajstić information content (AvgIpc) is 2.27. The van der Waals surface area contributed by atoms with Gasteiger partial charge in [-0.1, -0.05) is 0 Å². The first-order valence-corrected chi connectivity index (χ1v) is 6.90. The Balaban J connectivity index is 0.00000361. The maximum absolute atomic E-state index is 12.3. The lowest BCUT2D eigenvalue weighted by molar-refractivity contribution is -0.141. The van der Waals surface area contributed by atoms with Crippen LogP contribution < -0.4 is 10.5 Å². The van der Waals surface area contributed by atoms with Crippen LogP contribution in [0.3, 0.4) is 0 Å². The minimum Gasteiger partial charge on any atom is -0.328 e. The molecule has 10 heteroatoms. The Morgan fingerprint density at radius 3 is 2.40 bits per heavy atom. The summed E-state index contributed by atoms with van der Waals surface area (Å²) in [7, 11) is -3.85. The van der Waals surface area contributed by atoms with Crippen LogP contribution >= 0.6 is 12.4 Å². The van der Waals surface area contributed by atoms with E-state index in [1.165, 1.54) is 0 Å². The zero-order chi connectivity index (χ0) is 14.7. The SMILES string of the molecule is CC(N)CCNS(=O)(=O)c1ccc(C(F)(F)F)nc1.Cl. The molecule has 0 spiro atoms. The van der Waals surface area contributed by atoms with Crippen LogP contribution in [0.15, 0.2) is 23.2 Å². The van der Waals surface area contributed by atoms with Gasteiger partial charge >= 0.3 is 6.18 Å². The third kappa shape index (κ3) is 5.61. The lowest BCUT2D eigenvalue weighted by atomic mass is 10.3. The zero-order valence-corrected chi connectivity index (χ0v) is 12.1. The van der Waals surface area contributed by atoms with Crippen LogP contribution in [-0.2, 0) is 16.2 Å². The predicted octanol–water partition coefficient (Wildman–Crippen LogP) is 1.54. The Labute approximate surface area is 121 Å². The van der Waals surface area contributed by atoms with E-state index in [2.05, 4.69) is 9.71 Å². The number of nitrogens with two attached hydrogens (primary N) is 1. The van der Waals surface area contributed by atoms with E-state index in [0.29, 0.717) is 18.7 Å². The van der Waals surface area contributed by atoms with E-state index in [9.17, 15) is 21.6 Å². The Kier molecular flexibility index (Phi) is 6.88. The summed E-state index contributed by atoms with van der Waals surface area (Å²) in [6.07, 6.45) is -3.49. The Morgan fingerprint density at radius 1 is 1.40 bits per heavy atom. The quantitative estimate of drug-likeness (QED) is 0.856. The van der Waals surface area contributed by atoms with Gasteiger partial charge in [-0.2, -0.15) is 13.2 Å². The van der Waals surface area contributed by atoms with Gasteiger partial charge in [-0.15, -0.1) is 12.4 Å². The fourth-order valence-electron chi connectivity index (χ4n) is 1.21. The molecule has 1 aromatic rings. The van der Waals surface area contributed by atoms with E-state index in [-0.39, 0.29) is 29.9 Å². The maximum Gasteiger partial charge on any atom is 0.433 e. The van der Waals surface area contributed by atoms with Gasteiger partial charge in [0, 0.05) is 18.8 Å². The van der Waals surface area contributed by atoms with Crippen molar-refractivity contribution in [3.8, 4) is 0 Å². The molecule has 0 aliphatic carbocycles. The van der Waals surface area contributed by atoms with Gasteiger partial charge in [0.2, 0.25) is 10.0 Å². The number of nitrogens with one attached hydrogen (secondary N) is 1. The maximum atomic E-state index is 12.3. The van der Waals surface area contributed by atoms with Crippen molar-refractivity contribution < 1.29 is 21.6 Å². The smallest absolute Gasteiger partial charge is 0.328 e. The van der Waals surface area contributed by atoms with Crippen molar-refractivity contribution in [1.29, 1.82) is 0 Å². The van der Waals surface area contributed by atoms with Gasteiger partial charge in [0.1, 0.15) is 10.6 Å². The van der Waals surface area contributed by atoms with Crippen LogP contribution in [0.5, 0.6) is 0 Å². The van der Waals surface area contributed by atoms with Crippen LogP contribution in [0, 0.1) is 0 Å².